The summed E-state index contributed by atoms with van der Waals surface area (Å²) < 4.78 is 45.3. The minimum atomic E-state index is -3.90. The molecule has 0 aromatic carbocycles. The highest BCUT2D eigenvalue weighted by Crippen LogP contribution is 2.23. The van der Waals surface area contributed by atoms with Crippen molar-refractivity contribution in [3.63, 3.8) is 0 Å². The van der Waals surface area contributed by atoms with E-state index in [9.17, 15) is 17.8 Å². The number of carbonyl (C=O) groups excluding carboxylic acids is 1. The molecule has 1 N–H and O–H groups in total. The second-order valence-electron chi connectivity index (χ2n) is 2.87. The molecule has 0 amide bonds. The van der Waals surface area contributed by atoms with Crippen LogP contribution in [0.2, 0.25) is 0 Å². The average molecular weight is 276 g/mol. The Morgan fingerprint density at radius 2 is 1.94 bits per heavy atom. The third-order valence-corrected chi connectivity index (χ3v) is 2.19. The highest BCUT2D eigenvalue weighted by molar-refractivity contribution is 7.86. The molecule has 0 heterocycles. The first-order valence-electron chi connectivity index (χ1n) is 4.07. The summed E-state index contributed by atoms with van der Waals surface area (Å²) >= 11 is 0. The van der Waals surface area contributed by atoms with Gasteiger partial charge in [-0.1, -0.05) is 0 Å². The molecule has 0 fully saturated rings. The van der Waals surface area contributed by atoms with Crippen LogP contribution in [0.25, 0.3) is 0 Å². The van der Waals surface area contributed by atoms with Gasteiger partial charge in [0.05, 0.1) is 6.26 Å². The minimum Gasteiger partial charge on any atom is -0.457 e. The van der Waals surface area contributed by atoms with Crippen LogP contribution < -0.4 is 0 Å². The van der Waals surface area contributed by atoms with Crippen LogP contribution in [0.4, 0.5) is 0 Å². The molecule has 0 aliphatic heterocycles. The first-order valence-corrected chi connectivity index (χ1v) is 7.15. The van der Waals surface area contributed by atoms with E-state index in [1.54, 1.807) is 0 Å². The molecule has 3 atom stereocenters. The van der Waals surface area contributed by atoms with Gasteiger partial charge in [-0.05, 0) is 6.92 Å². The molecular weight excluding hydrogens is 263 g/mol. The van der Waals surface area contributed by atoms with Crippen LogP contribution in [0.1, 0.15) is 13.8 Å². The molecule has 0 rings (SSSR count). The fraction of sp³-hybridized carbons (Fsp3) is 0.833. The van der Waals surface area contributed by atoms with Gasteiger partial charge in [0.2, 0.25) is 6.29 Å². The van der Waals surface area contributed by atoms with Crippen LogP contribution in [0.15, 0.2) is 0 Å². The second kappa shape index (κ2) is 6.31. The summed E-state index contributed by atoms with van der Waals surface area (Å²) in [6.07, 6.45) is -2.04. The van der Waals surface area contributed by atoms with E-state index >= 15 is 0 Å². The van der Waals surface area contributed by atoms with E-state index in [2.05, 4.69) is 13.4 Å². The Hall–Kier alpha value is -0.470. The number of esters is 1. The van der Waals surface area contributed by atoms with Gasteiger partial charge in [0, 0.05) is 6.92 Å². The quantitative estimate of drug-likeness (QED) is 0.302. The molecule has 0 spiro atoms. The van der Waals surface area contributed by atoms with E-state index in [-0.39, 0.29) is 0 Å². The Labute approximate surface area is 93.6 Å². The molecular formula is C6H13O8PS. The van der Waals surface area contributed by atoms with Crippen LogP contribution in [0.5, 0.6) is 0 Å². The normalized spacial score (nSPS) is 17.5. The number of ether oxygens (including phenoxy) is 1. The molecule has 0 aliphatic carbocycles. The van der Waals surface area contributed by atoms with E-state index in [4.69, 9.17) is 4.89 Å². The Bertz CT molecular complexity index is 363. The number of hydrogen-bond acceptors (Lipinski definition) is 7. The van der Waals surface area contributed by atoms with Gasteiger partial charge in [0.15, 0.2) is 6.10 Å². The number of hydrogen-bond donors (Lipinski definition) is 1. The van der Waals surface area contributed by atoms with Gasteiger partial charge >= 0.3 is 14.2 Å². The summed E-state index contributed by atoms with van der Waals surface area (Å²) in [4.78, 5) is 19.1. The van der Waals surface area contributed by atoms with Crippen molar-refractivity contribution in [2.24, 2.45) is 0 Å². The lowest BCUT2D eigenvalue weighted by Crippen LogP contribution is -2.33. The summed E-state index contributed by atoms with van der Waals surface area (Å²) in [6, 6.07) is 0. The van der Waals surface area contributed by atoms with Crippen LogP contribution >= 0.6 is 8.25 Å². The fourth-order valence-electron chi connectivity index (χ4n) is 0.783. The summed E-state index contributed by atoms with van der Waals surface area (Å²) in [5.74, 6) is -0.698. The van der Waals surface area contributed by atoms with Gasteiger partial charge in [-0.2, -0.15) is 8.42 Å². The highest BCUT2D eigenvalue weighted by Gasteiger charge is 2.27. The van der Waals surface area contributed by atoms with Crippen molar-refractivity contribution in [3.8, 4) is 0 Å². The average Bonchev–Trinajstić information content (AvgIpc) is 1.97. The largest absolute Gasteiger partial charge is 0.457 e. The first kappa shape index (κ1) is 15.5. The summed E-state index contributed by atoms with van der Waals surface area (Å²) in [5, 5.41) is 0. The Morgan fingerprint density at radius 3 is 2.25 bits per heavy atom. The van der Waals surface area contributed by atoms with Crippen molar-refractivity contribution in [3.05, 3.63) is 0 Å². The van der Waals surface area contributed by atoms with Gasteiger partial charge in [-0.25, -0.2) is 4.18 Å². The fourth-order valence-corrected chi connectivity index (χ4v) is 1.83. The molecule has 0 radical (unpaired) electrons. The molecule has 16 heavy (non-hydrogen) atoms. The molecule has 0 aliphatic rings. The maximum absolute atomic E-state index is 10.8. The van der Waals surface area contributed by atoms with E-state index < -0.39 is 36.7 Å². The number of carbonyl (C=O) groups is 1. The van der Waals surface area contributed by atoms with E-state index in [1.165, 1.54) is 6.92 Å². The van der Waals surface area contributed by atoms with Crippen LogP contribution in [-0.2, 0) is 32.9 Å². The third kappa shape index (κ3) is 7.77. The van der Waals surface area contributed by atoms with Crippen LogP contribution in [-0.4, -0.2) is 37.9 Å². The van der Waals surface area contributed by atoms with Gasteiger partial charge in [0.1, 0.15) is 0 Å². The van der Waals surface area contributed by atoms with E-state index in [1.807, 2.05) is 0 Å². The van der Waals surface area contributed by atoms with Crippen molar-refractivity contribution in [1.29, 1.82) is 0 Å². The first-order chi connectivity index (χ1) is 7.11. The van der Waals surface area contributed by atoms with Crippen molar-refractivity contribution in [1.82, 2.24) is 0 Å². The molecule has 10 heteroatoms. The SMILES string of the molecule is CC(=O)O[C@@H](C)[C@@H](O[PH](=O)O)OS(C)(=O)=O. The van der Waals surface area contributed by atoms with Crippen molar-refractivity contribution in [2.45, 2.75) is 26.2 Å². The molecule has 1 unspecified atom stereocenters. The van der Waals surface area contributed by atoms with Crippen molar-refractivity contribution >= 4 is 24.3 Å². The zero-order valence-corrected chi connectivity index (χ0v) is 10.7. The van der Waals surface area contributed by atoms with Gasteiger partial charge < -0.3 is 9.63 Å². The maximum Gasteiger partial charge on any atom is 0.319 e. The lowest BCUT2D eigenvalue weighted by molar-refractivity contribution is -0.160. The predicted molar refractivity (Wildman–Crippen MR) is 53.3 cm³/mol. The Kier molecular flexibility index (Phi) is 6.13. The van der Waals surface area contributed by atoms with Crippen LogP contribution in [0.3, 0.4) is 0 Å². The lowest BCUT2D eigenvalue weighted by Gasteiger charge is -2.21. The Morgan fingerprint density at radius 1 is 1.44 bits per heavy atom. The van der Waals surface area contributed by atoms with Crippen molar-refractivity contribution < 1.29 is 36.1 Å². The van der Waals surface area contributed by atoms with Gasteiger partial charge in [0.25, 0.3) is 10.1 Å². The molecule has 0 bridgehead atoms. The van der Waals surface area contributed by atoms with E-state index in [0.717, 1.165) is 13.2 Å². The highest BCUT2D eigenvalue weighted by atomic mass is 32.2. The minimum absolute atomic E-state index is 0.698. The maximum atomic E-state index is 10.8. The summed E-state index contributed by atoms with van der Waals surface area (Å²) in [6.45, 7) is 2.36. The van der Waals surface area contributed by atoms with E-state index in [0.29, 0.717) is 0 Å². The zero-order chi connectivity index (χ0) is 12.9. The molecule has 8 nitrogen and oxygen atoms in total. The van der Waals surface area contributed by atoms with Crippen molar-refractivity contribution in [2.75, 3.05) is 6.26 Å². The van der Waals surface area contributed by atoms with Gasteiger partial charge in [-0.15, -0.1) is 0 Å². The van der Waals surface area contributed by atoms with Gasteiger partial charge in [-0.3, -0.25) is 13.9 Å². The molecule has 96 valence electrons. The molecule has 0 saturated carbocycles. The second-order valence-corrected chi connectivity index (χ2v) is 5.24. The molecule has 0 aromatic heterocycles. The lowest BCUT2D eigenvalue weighted by atomic mass is 10.4. The molecule has 0 aromatic rings. The third-order valence-electron chi connectivity index (χ3n) is 1.22. The predicted octanol–water partition coefficient (Wildman–Crippen LogP) is -0.361. The number of rotatable bonds is 6. The monoisotopic (exact) mass is 276 g/mol. The standard InChI is InChI=1S/C6H13O8PS/c1-4(12-5(2)7)6(13-15(8)9)14-16(3,10)11/h4,6,15H,1-3H3,(H,8,9)/t4-,6-/m0/s1. The summed E-state index contributed by atoms with van der Waals surface area (Å²) in [5.41, 5.74) is 0. The zero-order valence-electron chi connectivity index (χ0n) is 8.87. The summed E-state index contributed by atoms with van der Waals surface area (Å²) in [7, 11) is -7.32. The van der Waals surface area contributed by atoms with Crippen LogP contribution in [0, 0.1) is 0 Å². The molecule has 0 saturated heterocycles. The smallest absolute Gasteiger partial charge is 0.319 e. The Balaban J connectivity index is 4.65. The topological polar surface area (TPSA) is 116 Å².